The third-order valence-electron chi connectivity index (χ3n) is 2.72. The number of phosphoric acid groups is 1. The van der Waals surface area contributed by atoms with Crippen LogP contribution < -0.4 is 0 Å². The number of phosphoric ester groups is 1. The number of hydrogen-bond donors (Lipinski definition) is 0. The van der Waals surface area contributed by atoms with E-state index in [0.29, 0.717) is 18.6 Å². The van der Waals surface area contributed by atoms with Gasteiger partial charge in [-0.1, -0.05) is 11.8 Å². The largest absolute Gasteiger partial charge is 0.529 e. The zero-order chi connectivity index (χ0) is 15.9. The van der Waals surface area contributed by atoms with Crippen LogP contribution in [-0.4, -0.2) is 23.6 Å². The third kappa shape index (κ3) is 5.48. The molecule has 0 N–H and O–H groups in total. The Labute approximate surface area is 129 Å². The average Bonchev–Trinajstić information content (AvgIpc) is 2.40. The first kappa shape index (κ1) is 18.2. The molecule has 0 fully saturated rings. The first-order chi connectivity index (χ1) is 9.95. The molecule has 0 aromatic rings. The molecule has 0 heterocycles. The van der Waals surface area contributed by atoms with E-state index in [1.807, 2.05) is 0 Å². The summed E-state index contributed by atoms with van der Waals surface area (Å²) in [6.07, 6.45) is 3.02. The number of carbonyl (C=O) groups is 1. The molecule has 2 atom stereocenters. The number of nitriles is 1. The van der Waals surface area contributed by atoms with Gasteiger partial charge in [0.15, 0.2) is 5.12 Å². The summed E-state index contributed by atoms with van der Waals surface area (Å²) in [5, 5.41) is 8.61. The zero-order valence-corrected chi connectivity index (χ0v) is 14.1. The molecule has 0 saturated carbocycles. The summed E-state index contributed by atoms with van der Waals surface area (Å²) in [4.78, 5) is 11.4. The zero-order valence-electron chi connectivity index (χ0n) is 12.4. The van der Waals surface area contributed by atoms with Gasteiger partial charge in [0, 0.05) is 6.92 Å². The molecule has 1 aliphatic carbocycles. The SMILES string of the molecule is CCOP(=O)(OCC)OC1=CCC[C@H](C#N)[C@@H]1SC(C)=O. The molecule has 0 saturated heterocycles. The van der Waals surface area contributed by atoms with Crippen LogP contribution in [0.5, 0.6) is 0 Å². The highest BCUT2D eigenvalue weighted by atomic mass is 32.2. The van der Waals surface area contributed by atoms with Gasteiger partial charge in [0.1, 0.15) is 5.76 Å². The number of allylic oxidation sites excluding steroid dienone is 1. The van der Waals surface area contributed by atoms with E-state index in [1.165, 1.54) is 6.92 Å². The molecule has 0 aliphatic heterocycles. The summed E-state index contributed by atoms with van der Waals surface area (Å²) in [7, 11) is -3.71. The number of nitrogens with zero attached hydrogens (tertiary/aromatic N) is 1. The van der Waals surface area contributed by atoms with Crippen LogP contribution in [0.2, 0.25) is 0 Å². The van der Waals surface area contributed by atoms with E-state index in [0.717, 1.165) is 11.8 Å². The normalized spacial score (nSPS) is 22.3. The van der Waals surface area contributed by atoms with Crippen LogP contribution in [0.3, 0.4) is 0 Å². The highest BCUT2D eigenvalue weighted by molar-refractivity contribution is 8.14. The number of carbonyl (C=O) groups excluding carboxylic acids is 1. The van der Waals surface area contributed by atoms with E-state index < -0.39 is 13.1 Å². The molecule has 6 nitrogen and oxygen atoms in total. The maximum absolute atomic E-state index is 12.4. The summed E-state index contributed by atoms with van der Waals surface area (Å²) >= 11 is 1.01. The Bertz CT molecular complexity index is 477. The highest BCUT2D eigenvalue weighted by Crippen LogP contribution is 2.53. The fourth-order valence-electron chi connectivity index (χ4n) is 1.95. The summed E-state index contributed by atoms with van der Waals surface area (Å²) in [5.74, 6) is -0.0335. The van der Waals surface area contributed by atoms with Crippen molar-refractivity contribution in [3.8, 4) is 6.07 Å². The summed E-state index contributed by atoms with van der Waals surface area (Å²) in [6, 6.07) is 2.17. The van der Waals surface area contributed by atoms with Crippen LogP contribution in [0.25, 0.3) is 0 Å². The minimum atomic E-state index is -3.71. The van der Waals surface area contributed by atoms with Gasteiger partial charge in [-0.25, -0.2) is 4.57 Å². The predicted molar refractivity (Wildman–Crippen MR) is 80.4 cm³/mol. The highest BCUT2D eigenvalue weighted by Gasteiger charge is 2.37. The van der Waals surface area contributed by atoms with Crippen molar-refractivity contribution in [2.24, 2.45) is 5.92 Å². The van der Waals surface area contributed by atoms with Crippen molar-refractivity contribution in [2.45, 2.75) is 38.9 Å². The van der Waals surface area contributed by atoms with Gasteiger partial charge in [0.05, 0.1) is 30.5 Å². The number of hydrogen-bond acceptors (Lipinski definition) is 7. The van der Waals surface area contributed by atoms with Crippen molar-refractivity contribution in [1.29, 1.82) is 5.26 Å². The van der Waals surface area contributed by atoms with Gasteiger partial charge in [0.2, 0.25) is 0 Å². The first-order valence-electron chi connectivity index (χ1n) is 6.81. The smallest absolute Gasteiger partial charge is 0.408 e. The second-order valence-electron chi connectivity index (χ2n) is 4.32. The van der Waals surface area contributed by atoms with Crippen LogP contribution in [-0.2, 0) is 22.9 Å². The molecule has 1 aliphatic rings. The Morgan fingerprint density at radius 1 is 1.48 bits per heavy atom. The Morgan fingerprint density at radius 3 is 2.57 bits per heavy atom. The second-order valence-corrected chi connectivity index (χ2v) is 7.24. The van der Waals surface area contributed by atoms with Gasteiger partial charge < -0.3 is 4.52 Å². The van der Waals surface area contributed by atoms with Gasteiger partial charge in [-0.05, 0) is 32.8 Å². The van der Waals surface area contributed by atoms with Crippen LogP contribution in [0.1, 0.15) is 33.6 Å². The molecule has 1 rings (SSSR count). The van der Waals surface area contributed by atoms with E-state index in [9.17, 15) is 14.6 Å². The lowest BCUT2D eigenvalue weighted by atomic mass is 9.94. The summed E-state index contributed by atoms with van der Waals surface area (Å²) in [6.45, 7) is 5.15. The van der Waals surface area contributed by atoms with E-state index in [-0.39, 0.29) is 24.2 Å². The quantitative estimate of drug-likeness (QED) is 0.657. The van der Waals surface area contributed by atoms with E-state index in [4.69, 9.17) is 13.6 Å². The van der Waals surface area contributed by atoms with Gasteiger partial charge in [-0.3, -0.25) is 13.8 Å². The minimum Gasteiger partial charge on any atom is -0.408 e. The van der Waals surface area contributed by atoms with Gasteiger partial charge in [0.25, 0.3) is 0 Å². The molecule has 21 heavy (non-hydrogen) atoms. The van der Waals surface area contributed by atoms with Gasteiger partial charge in [-0.2, -0.15) is 5.26 Å². The van der Waals surface area contributed by atoms with E-state index in [1.54, 1.807) is 19.9 Å². The molecule has 0 aromatic carbocycles. The molecule has 0 spiro atoms. The van der Waals surface area contributed by atoms with E-state index in [2.05, 4.69) is 6.07 Å². The Balaban J connectivity index is 2.95. The third-order valence-corrected chi connectivity index (χ3v) is 5.45. The lowest BCUT2D eigenvalue weighted by Gasteiger charge is -2.28. The van der Waals surface area contributed by atoms with Crippen molar-refractivity contribution in [1.82, 2.24) is 0 Å². The van der Waals surface area contributed by atoms with Gasteiger partial charge in [-0.15, -0.1) is 0 Å². The van der Waals surface area contributed by atoms with Crippen molar-refractivity contribution in [3.63, 3.8) is 0 Å². The second kappa shape index (κ2) is 8.60. The van der Waals surface area contributed by atoms with Crippen molar-refractivity contribution in [3.05, 3.63) is 11.8 Å². The van der Waals surface area contributed by atoms with Crippen LogP contribution in [0, 0.1) is 17.2 Å². The maximum atomic E-state index is 12.4. The molecular weight excluding hydrogens is 313 g/mol. The topological polar surface area (TPSA) is 85.6 Å². The van der Waals surface area contributed by atoms with Crippen LogP contribution in [0.4, 0.5) is 0 Å². The van der Waals surface area contributed by atoms with Crippen LogP contribution >= 0.6 is 19.6 Å². The first-order valence-corrected chi connectivity index (χ1v) is 9.15. The Kier molecular flexibility index (Phi) is 7.47. The fourth-order valence-corrected chi connectivity index (χ4v) is 4.26. The summed E-state index contributed by atoms with van der Waals surface area (Å²) in [5.41, 5.74) is 0. The standard InChI is InChI=1S/C13H20NO5PS/c1-4-17-20(16,18-5-2)19-12-8-6-7-11(9-14)13(12)21-10(3)15/h8,11,13H,4-7H2,1-3H3/t11-,13+/m1/s1. The number of rotatable bonds is 7. The van der Waals surface area contributed by atoms with Crippen molar-refractivity contribution >= 4 is 24.7 Å². The van der Waals surface area contributed by atoms with Crippen molar-refractivity contribution in [2.75, 3.05) is 13.2 Å². The molecule has 0 radical (unpaired) electrons. The Hall–Kier alpha value is -0.800. The molecule has 0 amide bonds. The minimum absolute atomic E-state index is 0.126. The molecule has 118 valence electrons. The molecule has 0 aromatic heterocycles. The predicted octanol–water partition coefficient (Wildman–Crippen LogP) is 3.65. The van der Waals surface area contributed by atoms with Crippen molar-refractivity contribution < 1.29 is 22.9 Å². The summed E-state index contributed by atoms with van der Waals surface area (Å²) < 4.78 is 28.1. The van der Waals surface area contributed by atoms with E-state index >= 15 is 0 Å². The lowest BCUT2D eigenvalue weighted by molar-refractivity contribution is -0.109. The molecule has 8 heteroatoms. The maximum Gasteiger partial charge on any atom is 0.529 e. The monoisotopic (exact) mass is 333 g/mol. The molecule has 0 unspecified atom stereocenters. The van der Waals surface area contributed by atoms with Gasteiger partial charge >= 0.3 is 7.82 Å². The average molecular weight is 333 g/mol. The lowest BCUT2D eigenvalue weighted by Crippen LogP contribution is -2.24. The van der Waals surface area contributed by atoms with Crippen LogP contribution in [0.15, 0.2) is 11.8 Å². The Morgan fingerprint density at radius 2 is 2.10 bits per heavy atom. The fraction of sp³-hybridized carbons (Fsp3) is 0.692. The number of thioether (sulfide) groups is 1. The molecular formula is C13H20NO5PS. The molecule has 0 bridgehead atoms.